The molecule has 0 amide bonds. The predicted molar refractivity (Wildman–Crippen MR) is 72.2 cm³/mol. The van der Waals surface area contributed by atoms with E-state index in [9.17, 15) is 4.79 Å². The van der Waals surface area contributed by atoms with Crippen LogP contribution in [-0.2, 0) is 11.3 Å². The molecule has 0 N–H and O–H groups in total. The van der Waals surface area contributed by atoms with Gasteiger partial charge in [-0.25, -0.2) is 0 Å². The number of nitrogens with zero attached hydrogens (tertiary/aromatic N) is 1. The molecule has 94 valence electrons. The van der Waals surface area contributed by atoms with E-state index in [1.165, 1.54) is 16.7 Å². The Morgan fingerprint density at radius 1 is 1.29 bits per heavy atom. The Morgan fingerprint density at radius 2 is 2.00 bits per heavy atom. The molecule has 0 atom stereocenters. The summed E-state index contributed by atoms with van der Waals surface area (Å²) in [7, 11) is 2.11. The molecule has 0 aliphatic heterocycles. The molecule has 0 aromatic heterocycles. The van der Waals surface area contributed by atoms with Gasteiger partial charge in [0, 0.05) is 13.0 Å². The lowest BCUT2D eigenvalue weighted by Crippen LogP contribution is -2.20. The summed E-state index contributed by atoms with van der Waals surface area (Å²) in [4.78, 5) is 13.1. The quantitative estimate of drug-likeness (QED) is 0.752. The summed E-state index contributed by atoms with van der Waals surface area (Å²) in [5, 5.41) is 0. The van der Waals surface area contributed by atoms with Crippen LogP contribution in [0.3, 0.4) is 0 Å². The average Bonchev–Trinajstić information content (AvgIpc) is 2.21. The zero-order valence-electron chi connectivity index (χ0n) is 11.4. The minimum absolute atomic E-state index is 0.282. The molecule has 0 fully saturated rings. The molecule has 0 saturated carbocycles. The molecule has 0 radical (unpaired) electrons. The highest BCUT2D eigenvalue weighted by Crippen LogP contribution is 2.12. The van der Waals surface area contributed by atoms with Gasteiger partial charge >= 0.3 is 0 Å². The van der Waals surface area contributed by atoms with Crippen molar-refractivity contribution in [2.24, 2.45) is 0 Å². The van der Waals surface area contributed by atoms with Crippen molar-refractivity contribution in [2.45, 2.75) is 40.2 Å². The SMILES string of the molecule is CC(=O)CCCN(C)Cc1ccc(C)cc1C. The minimum Gasteiger partial charge on any atom is -0.302 e. The second-order valence-corrected chi connectivity index (χ2v) is 4.97. The Bertz CT molecular complexity index is 385. The first-order valence-corrected chi connectivity index (χ1v) is 6.23. The molecule has 17 heavy (non-hydrogen) atoms. The Hall–Kier alpha value is -1.15. The first kappa shape index (κ1) is 13.9. The third-order valence-electron chi connectivity index (χ3n) is 3.01. The van der Waals surface area contributed by atoms with E-state index in [2.05, 4.69) is 44.0 Å². The van der Waals surface area contributed by atoms with Gasteiger partial charge in [0.15, 0.2) is 0 Å². The van der Waals surface area contributed by atoms with Crippen molar-refractivity contribution in [1.82, 2.24) is 4.90 Å². The van der Waals surface area contributed by atoms with Crippen molar-refractivity contribution in [3.05, 3.63) is 34.9 Å². The number of aryl methyl sites for hydroxylation is 2. The lowest BCUT2D eigenvalue weighted by atomic mass is 10.1. The molecule has 0 saturated heterocycles. The van der Waals surface area contributed by atoms with Gasteiger partial charge in [-0.15, -0.1) is 0 Å². The van der Waals surface area contributed by atoms with Crippen LogP contribution in [0.4, 0.5) is 0 Å². The molecule has 2 heteroatoms. The molecule has 0 heterocycles. The van der Waals surface area contributed by atoms with Gasteiger partial charge in [-0.1, -0.05) is 23.8 Å². The molecular formula is C15H23NO. The summed E-state index contributed by atoms with van der Waals surface area (Å²) >= 11 is 0. The minimum atomic E-state index is 0.282. The van der Waals surface area contributed by atoms with Crippen molar-refractivity contribution in [1.29, 1.82) is 0 Å². The molecule has 0 unspecified atom stereocenters. The van der Waals surface area contributed by atoms with E-state index in [-0.39, 0.29) is 5.78 Å². The van der Waals surface area contributed by atoms with Crippen molar-refractivity contribution < 1.29 is 4.79 Å². The molecule has 0 aliphatic rings. The zero-order valence-corrected chi connectivity index (χ0v) is 11.4. The number of rotatable bonds is 6. The third-order valence-corrected chi connectivity index (χ3v) is 3.01. The lowest BCUT2D eigenvalue weighted by molar-refractivity contribution is -0.117. The van der Waals surface area contributed by atoms with Crippen LogP contribution < -0.4 is 0 Å². The average molecular weight is 233 g/mol. The highest BCUT2D eigenvalue weighted by Gasteiger charge is 2.04. The van der Waals surface area contributed by atoms with Crippen LogP contribution in [0.1, 0.15) is 36.5 Å². The van der Waals surface area contributed by atoms with E-state index < -0.39 is 0 Å². The first-order chi connectivity index (χ1) is 7.99. The molecule has 1 rings (SSSR count). The number of Topliss-reactive ketones (excluding diaryl/α,β-unsaturated/α-hetero) is 1. The Balaban J connectivity index is 2.44. The molecule has 0 bridgehead atoms. The van der Waals surface area contributed by atoms with Crippen molar-refractivity contribution >= 4 is 5.78 Å². The fraction of sp³-hybridized carbons (Fsp3) is 0.533. The van der Waals surface area contributed by atoms with Crippen LogP contribution in [-0.4, -0.2) is 24.3 Å². The number of hydrogen-bond donors (Lipinski definition) is 0. The van der Waals surface area contributed by atoms with Gasteiger partial charge in [-0.2, -0.15) is 0 Å². The first-order valence-electron chi connectivity index (χ1n) is 6.23. The summed E-state index contributed by atoms with van der Waals surface area (Å²) in [6.07, 6.45) is 1.65. The van der Waals surface area contributed by atoms with Gasteiger partial charge in [-0.3, -0.25) is 0 Å². The summed E-state index contributed by atoms with van der Waals surface area (Å²) in [6.45, 7) is 7.88. The third kappa shape index (κ3) is 5.14. The van der Waals surface area contributed by atoms with Gasteiger partial charge < -0.3 is 9.69 Å². The number of ketones is 1. The second kappa shape index (κ2) is 6.55. The maximum Gasteiger partial charge on any atom is 0.129 e. The van der Waals surface area contributed by atoms with Gasteiger partial charge in [-0.05, 0) is 51.9 Å². The maximum atomic E-state index is 10.9. The predicted octanol–water partition coefficient (Wildman–Crippen LogP) is 3.10. The highest BCUT2D eigenvalue weighted by atomic mass is 16.1. The fourth-order valence-electron chi connectivity index (χ4n) is 1.99. The standard InChI is InChI=1S/C15H23NO/c1-12-7-8-15(13(2)10-12)11-16(4)9-5-6-14(3)17/h7-8,10H,5-6,9,11H2,1-4H3. The second-order valence-electron chi connectivity index (χ2n) is 4.97. The van der Waals surface area contributed by atoms with E-state index in [1.54, 1.807) is 6.92 Å². The number of carbonyl (C=O) groups is 1. The molecule has 1 aromatic carbocycles. The van der Waals surface area contributed by atoms with E-state index in [4.69, 9.17) is 0 Å². The van der Waals surface area contributed by atoms with Crippen molar-refractivity contribution in [3.8, 4) is 0 Å². The number of carbonyl (C=O) groups excluding carboxylic acids is 1. The zero-order chi connectivity index (χ0) is 12.8. The maximum absolute atomic E-state index is 10.9. The summed E-state index contributed by atoms with van der Waals surface area (Å²) in [5.74, 6) is 0.282. The lowest BCUT2D eigenvalue weighted by Gasteiger charge is -2.18. The van der Waals surface area contributed by atoms with Gasteiger partial charge in [0.05, 0.1) is 0 Å². The summed E-state index contributed by atoms with van der Waals surface area (Å²) < 4.78 is 0. The van der Waals surface area contributed by atoms with E-state index >= 15 is 0 Å². The highest BCUT2D eigenvalue weighted by molar-refractivity contribution is 5.75. The van der Waals surface area contributed by atoms with Gasteiger partial charge in [0.1, 0.15) is 5.78 Å². The van der Waals surface area contributed by atoms with Crippen LogP contribution in [0.25, 0.3) is 0 Å². The molecule has 0 spiro atoms. The molecule has 2 nitrogen and oxygen atoms in total. The van der Waals surface area contributed by atoms with Crippen molar-refractivity contribution in [3.63, 3.8) is 0 Å². The molecule has 1 aromatic rings. The van der Waals surface area contributed by atoms with Crippen LogP contribution in [0.15, 0.2) is 18.2 Å². The molecule has 0 aliphatic carbocycles. The van der Waals surface area contributed by atoms with Crippen LogP contribution in [0.5, 0.6) is 0 Å². The topological polar surface area (TPSA) is 20.3 Å². The number of hydrogen-bond acceptors (Lipinski definition) is 2. The normalized spacial score (nSPS) is 10.9. The van der Waals surface area contributed by atoms with Gasteiger partial charge in [0.25, 0.3) is 0 Å². The van der Waals surface area contributed by atoms with Crippen LogP contribution in [0.2, 0.25) is 0 Å². The van der Waals surface area contributed by atoms with Crippen LogP contribution in [0, 0.1) is 13.8 Å². The van der Waals surface area contributed by atoms with E-state index in [0.717, 1.165) is 19.5 Å². The smallest absolute Gasteiger partial charge is 0.129 e. The largest absolute Gasteiger partial charge is 0.302 e. The Morgan fingerprint density at radius 3 is 2.59 bits per heavy atom. The fourth-order valence-corrected chi connectivity index (χ4v) is 1.99. The monoisotopic (exact) mass is 233 g/mol. The van der Waals surface area contributed by atoms with Crippen molar-refractivity contribution in [2.75, 3.05) is 13.6 Å². The van der Waals surface area contributed by atoms with E-state index in [0.29, 0.717) is 6.42 Å². The Labute approximate surface area is 105 Å². The van der Waals surface area contributed by atoms with Gasteiger partial charge in [0.2, 0.25) is 0 Å². The molecular weight excluding hydrogens is 210 g/mol. The van der Waals surface area contributed by atoms with E-state index in [1.807, 2.05) is 0 Å². The summed E-state index contributed by atoms with van der Waals surface area (Å²) in [6, 6.07) is 6.58. The van der Waals surface area contributed by atoms with Crippen LogP contribution >= 0.6 is 0 Å². The Kier molecular flexibility index (Phi) is 5.36. The number of benzene rings is 1. The summed E-state index contributed by atoms with van der Waals surface area (Å²) in [5.41, 5.74) is 4.04.